The van der Waals surface area contributed by atoms with Crippen molar-refractivity contribution in [3.05, 3.63) is 34.7 Å². The smallest absolute Gasteiger partial charge is 0.350 e. The zero-order chi connectivity index (χ0) is 15.0. The van der Waals surface area contributed by atoms with Gasteiger partial charge in [0, 0.05) is 11.8 Å². The maximum absolute atomic E-state index is 12.1. The van der Waals surface area contributed by atoms with Crippen LogP contribution in [0.25, 0.3) is 0 Å². The van der Waals surface area contributed by atoms with Gasteiger partial charge in [0.1, 0.15) is 10.6 Å². The summed E-state index contributed by atoms with van der Waals surface area (Å²) in [6.45, 7) is 1.71. The number of ether oxygens (including phenoxy) is 1. The van der Waals surface area contributed by atoms with Gasteiger partial charge < -0.3 is 14.5 Å². The first-order valence-corrected chi connectivity index (χ1v) is 7.31. The van der Waals surface area contributed by atoms with E-state index in [0.29, 0.717) is 15.7 Å². The molecule has 1 saturated carbocycles. The number of hydrogen-bond acceptors (Lipinski definition) is 6. The second-order valence-electron chi connectivity index (χ2n) is 4.88. The summed E-state index contributed by atoms with van der Waals surface area (Å²) < 4.78 is 9.97. The summed E-state index contributed by atoms with van der Waals surface area (Å²) in [5, 5.41) is 3.17. The number of carbonyl (C=O) groups is 2. The third kappa shape index (κ3) is 2.69. The fourth-order valence-corrected chi connectivity index (χ4v) is 3.12. The average molecular weight is 306 g/mol. The van der Waals surface area contributed by atoms with Crippen LogP contribution in [0.4, 0.5) is 5.13 Å². The minimum absolute atomic E-state index is 0.0954. The Morgan fingerprint density at radius 1 is 1.52 bits per heavy atom. The Morgan fingerprint density at radius 2 is 2.33 bits per heavy atom. The summed E-state index contributed by atoms with van der Waals surface area (Å²) in [5.41, 5.74) is 0.556. The number of aryl methyl sites for hydroxylation is 1. The molecule has 1 amide bonds. The van der Waals surface area contributed by atoms with E-state index in [1.807, 2.05) is 12.1 Å². The van der Waals surface area contributed by atoms with E-state index in [-0.39, 0.29) is 17.7 Å². The van der Waals surface area contributed by atoms with Gasteiger partial charge >= 0.3 is 5.97 Å². The Balaban J connectivity index is 1.65. The number of aromatic nitrogens is 1. The monoisotopic (exact) mass is 306 g/mol. The Kier molecular flexibility index (Phi) is 3.50. The number of nitrogens with one attached hydrogen (secondary N) is 1. The van der Waals surface area contributed by atoms with Gasteiger partial charge in [-0.2, -0.15) is 0 Å². The normalized spacial score (nSPS) is 20.1. The number of furan rings is 1. The molecule has 2 heterocycles. The van der Waals surface area contributed by atoms with E-state index >= 15 is 0 Å². The lowest BCUT2D eigenvalue weighted by Gasteiger charge is -1.99. The summed E-state index contributed by atoms with van der Waals surface area (Å²) in [6.07, 6.45) is 2.38. The van der Waals surface area contributed by atoms with E-state index in [1.165, 1.54) is 7.11 Å². The molecule has 1 aliphatic carbocycles. The molecule has 0 bridgehead atoms. The highest BCUT2D eigenvalue weighted by Crippen LogP contribution is 2.48. The van der Waals surface area contributed by atoms with Gasteiger partial charge in [-0.25, -0.2) is 9.78 Å². The molecule has 0 aromatic carbocycles. The maximum Gasteiger partial charge on any atom is 0.350 e. The highest BCUT2D eigenvalue weighted by Gasteiger charge is 2.46. The number of anilines is 1. The summed E-state index contributed by atoms with van der Waals surface area (Å²) in [5.74, 6) is 0.343. The third-order valence-corrected chi connectivity index (χ3v) is 4.49. The van der Waals surface area contributed by atoms with E-state index in [1.54, 1.807) is 13.2 Å². The molecular weight excluding hydrogens is 292 g/mol. The largest absolute Gasteiger partial charge is 0.469 e. The molecule has 21 heavy (non-hydrogen) atoms. The number of carbonyl (C=O) groups excluding carboxylic acids is 2. The molecule has 2 unspecified atom stereocenters. The van der Waals surface area contributed by atoms with Crippen molar-refractivity contribution in [2.45, 2.75) is 19.3 Å². The highest BCUT2D eigenvalue weighted by molar-refractivity contribution is 7.17. The van der Waals surface area contributed by atoms with Crippen molar-refractivity contribution in [1.29, 1.82) is 0 Å². The van der Waals surface area contributed by atoms with Crippen LogP contribution in [-0.4, -0.2) is 24.0 Å². The maximum atomic E-state index is 12.1. The van der Waals surface area contributed by atoms with Gasteiger partial charge in [-0.05, 0) is 25.5 Å². The van der Waals surface area contributed by atoms with Gasteiger partial charge in [-0.15, -0.1) is 0 Å². The van der Waals surface area contributed by atoms with Crippen molar-refractivity contribution in [2.75, 3.05) is 12.4 Å². The van der Waals surface area contributed by atoms with Gasteiger partial charge in [0.2, 0.25) is 5.91 Å². The zero-order valence-electron chi connectivity index (χ0n) is 11.6. The molecule has 0 saturated heterocycles. The van der Waals surface area contributed by atoms with Crippen molar-refractivity contribution >= 4 is 28.3 Å². The second kappa shape index (κ2) is 5.33. The molecule has 2 aromatic rings. The predicted octanol–water partition coefficient (Wildman–Crippen LogP) is 2.57. The van der Waals surface area contributed by atoms with Crippen molar-refractivity contribution < 1.29 is 18.7 Å². The molecule has 1 aliphatic rings. The average Bonchev–Trinajstić information content (AvgIpc) is 2.91. The second-order valence-corrected chi connectivity index (χ2v) is 5.88. The third-order valence-electron chi connectivity index (χ3n) is 3.43. The molecule has 0 radical (unpaired) electrons. The molecule has 2 aromatic heterocycles. The van der Waals surface area contributed by atoms with Crippen LogP contribution < -0.4 is 5.32 Å². The van der Waals surface area contributed by atoms with Crippen LogP contribution in [-0.2, 0) is 9.53 Å². The Bertz CT molecular complexity index is 677. The topological polar surface area (TPSA) is 81.4 Å². The van der Waals surface area contributed by atoms with Crippen LogP contribution in [0.2, 0.25) is 0 Å². The van der Waals surface area contributed by atoms with E-state index < -0.39 is 5.97 Å². The predicted molar refractivity (Wildman–Crippen MR) is 76.4 cm³/mol. The fraction of sp³-hybridized carbons (Fsp3) is 0.357. The van der Waals surface area contributed by atoms with Crippen LogP contribution >= 0.6 is 11.3 Å². The molecule has 1 N–H and O–H groups in total. The molecule has 6 nitrogen and oxygen atoms in total. The number of thiazole rings is 1. The first-order chi connectivity index (χ1) is 10.1. The van der Waals surface area contributed by atoms with Crippen molar-refractivity contribution in [1.82, 2.24) is 4.98 Å². The van der Waals surface area contributed by atoms with Gasteiger partial charge in [0.15, 0.2) is 5.13 Å². The van der Waals surface area contributed by atoms with Crippen molar-refractivity contribution in [2.24, 2.45) is 5.92 Å². The molecule has 7 heteroatoms. The SMILES string of the molecule is COC(=O)c1sc(NC(=O)C2CC2c2ccco2)nc1C. The molecule has 0 aliphatic heterocycles. The number of amides is 1. The fourth-order valence-electron chi connectivity index (χ4n) is 2.23. The lowest BCUT2D eigenvalue weighted by atomic mass is 10.2. The van der Waals surface area contributed by atoms with Crippen LogP contribution in [0.15, 0.2) is 22.8 Å². The van der Waals surface area contributed by atoms with Crippen LogP contribution in [0.3, 0.4) is 0 Å². The summed E-state index contributed by atoms with van der Waals surface area (Å²) in [7, 11) is 1.32. The van der Waals surface area contributed by atoms with Crippen molar-refractivity contribution in [3.63, 3.8) is 0 Å². The van der Waals surface area contributed by atoms with Gasteiger partial charge in [0.25, 0.3) is 0 Å². The molecule has 0 spiro atoms. The molecule has 3 rings (SSSR count). The minimum atomic E-state index is -0.439. The number of hydrogen-bond donors (Lipinski definition) is 1. The zero-order valence-corrected chi connectivity index (χ0v) is 12.4. The van der Waals surface area contributed by atoms with Crippen LogP contribution in [0.5, 0.6) is 0 Å². The highest BCUT2D eigenvalue weighted by atomic mass is 32.1. The molecule has 1 fully saturated rings. The van der Waals surface area contributed by atoms with E-state index in [0.717, 1.165) is 23.5 Å². The van der Waals surface area contributed by atoms with E-state index in [4.69, 9.17) is 4.42 Å². The van der Waals surface area contributed by atoms with E-state index in [2.05, 4.69) is 15.0 Å². The number of rotatable bonds is 4. The van der Waals surface area contributed by atoms with Gasteiger partial charge in [-0.3, -0.25) is 4.79 Å². The lowest BCUT2D eigenvalue weighted by molar-refractivity contribution is -0.117. The Morgan fingerprint density at radius 3 is 3.00 bits per heavy atom. The minimum Gasteiger partial charge on any atom is -0.469 e. The summed E-state index contributed by atoms with van der Waals surface area (Å²) in [4.78, 5) is 28.2. The summed E-state index contributed by atoms with van der Waals surface area (Å²) >= 11 is 1.12. The summed E-state index contributed by atoms with van der Waals surface area (Å²) in [6, 6.07) is 3.69. The van der Waals surface area contributed by atoms with E-state index in [9.17, 15) is 9.59 Å². The Hall–Kier alpha value is -2.15. The Labute approximate surface area is 125 Å². The van der Waals surface area contributed by atoms with Crippen LogP contribution in [0.1, 0.15) is 33.5 Å². The lowest BCUT2D eigenvalue weighted by Crippen LogP contribution is -2.14. The first-order valence-electron chi connectivity index (χ1n) is 6.50. The van der Waals surface area contributed by atoms with Gasteiger partial charge in [0.05, 0.1) is 19.1 Å². The standard InChI is InChI=1S/C14H14N2O4S/c1-7-11(13(18)19-2)21-14(15-7)16-12(17)9-6-8(9)10-4-3-5-20-10/h3-5,8-9H,6H2,1-2H3,(H,15,16,17). The van der Waals surface area contributed by atoms with Crippen molar-refractivity contribution in [3.8, 4) is 0 Å². The molecule has 2 atom stereocenters. The number of nitrogens with zero attached hydrogens (tertiary/aromatic N) is 1. The molecule has 110 valence electrons. The quantitative estimate of drug-likeness (QED) is 0.878. The van der Waals surface area contributed by atoms with Gasteiger partial charge in [-0.1, -0.05) is 11.3 Å². The molecular formula is C14H14N2O4S. The number of methoxy groups -OCH3 is 1. The number of esters is 1. The van der Waals surface area contributed by atoms with Crippen LogP contribution in [0, 0.1) is 12.8 Å². The first kappa shape index (κ1) is 13.8.